The van der Waals surface area contributed by atoms with Crippen molar-refractivity contribution in [2.45, 2.75) is 52.1 Å². The molecule has 0 radical (unpaired) electrons. The average Bonchev–Trinajstić information content (AvgIpc) is 2.68. The lowest BCUT2D eigenvalue weighted by molar-refractivity contribution is -0.140. The number of amides is 2. The van der Waals surface area contributed by atoms with Gasteiger partial charge in [0.25, 0.3) is 0 Å². The van der Waals surface area contributed by atoms with E-state index in [0.717, 1.165) is 24.8 Å². The number of hydrogen-bond acceptors (Lipinski definition) is 2. The van der Waals surface area contributed by atoms with Gasteiger partial charge < -0.3 is 10.2 Å². The van der Waals surface area contributed by atoms with Crippen LogP contribution in [-0.2, 0) is 16.1 Å². The van der Waals surface area contributed by atoms with Crippen LogP contribution in [0.1, 0.15) is 45.1 Å². The molecular formula is C18H26N2O2. The van der Waals surface area contributed by atoms with Crippen LogP contribution in [0.5, 0.6) is 0 Å². The van der Waals surface area contributed by atoms with Gasteiger partial charge in [0, 0.05) is 19.5 Å². The fourth-order valence-electron chi connectivity index (χ4n) is 2.76. The van der Waals surface area contributed by atoms with E-state index in [4.69, 9.17) is 0 Å². The molecule has 120 valence electrons. The quantitative estimate of drug-likeness (QED) is 0.909. The molecule has 1 aliphatic heterocycles. The largest absolute Gasteiger partial charge is 0.354 e. The number of nitrogens with one attached hydrogen (secondary N) is 1. The van der Waals surface area contributed by atoms with E-state index in [1.165, 1.54) is 0 Å². The minimum absolute atomic E-state index is 0.0140. The number of nitrogens with zero attached hydrogens (tertiary/aromatic N) is 1. The second kappa shape index (κ2) is 7.97. The molecule has 1 heterocycles. The van der Waals surface area contributed by atoms with Crippen molar-refractivity contribution in [2.24, 2.45) is 5.92 Å². The second-order valence-electron chi connectivity index (χ2n) is 6.41. The van der Waals surface area contributed by atoms with Gasteiger partial charge in [0.05, 0.1) is 0 Å². The first-order valence-electron chi connectivity index (χ1n) is 8.19. The zero-order valence-electron chi connectivity index (χ0n) is 13.5. The molecule has 1 saturated heterocycles. The Morgan fingerprint density at radius 3 is 2.68 bits per heavy atom. The van der Waals surface area contributed by atoms with E-state index >= 15 is 0 Å². The number of benzene rings is 1. The summed E-state index contributed by atoms with van der Waals surface area (Å²) in [5, 5.41) is 2.98. The molecule has 1 aliphatic rings. The Balaban J connectivity index is 2.11. The van der Waals surface area contributed by atoms with E-state index in [1.807, 2.05) is 30.3 Å². The van der Waals surface area contributed by atoms with Crippen LogP contribution in [-0.4, -0.2) is 29.3 Å². The zero-order chi connectivity index (χ0) is 15.9. The molecule has 1 N–H and O–H groups in total. The summed E-state index contributed by atoms with van der Waals surface area (Å²) in [5.74, 6) is 0.485. The van der Waals surface area contributed by atoms with Crippen LogP contribution in [0.3, 0.4) is 0 Å². The normalized spacial score (nSPS) is 19.1. The molecule has 0 aliphatic carbocycles. The van der Waals surface area contributed by atoms with Crippen LogP contribution in [0.15, 0.2) is 30.3 Å². The summed E-state index contributed by atoms with van der Waals surface area (Å²) in [5.41, 5.74) is 1.07. The van der Waals surface area contributed by atoms with E-state index in [0.29, 0.717) is 25.4 Å². The highest BCUT2D eigenvalue weighted by Crippen LogP contribution is 2.20. The van der Waals surface area contributed by atoms with Crippen molar-refractivity contribution < 1.29 is 9.59 Å². The molecule has 0 aromatic heterocycles. The van der Waals surface area contributed by atoms with Gasteiger partial charge in [0.2, 0.25) is 11.8 Å². The van der Waals surface area contributed by atoms with Crippen molar-refractivity contribution in [2.75, 3.05) is 6.54 Å². The number of likely N-dealkylation sites (tertiary alicyclic amines) is 1. The summed E-state index contributed by atoms with van der Waals surface area (Å²) >= 11 is 0. The summed E-state index contributed by atoms with van der Waals surface area (Å²) in [7, 11) is 0. The molecule has 4 heteroatoms. The molecule has 4 nitrogen and oxygen atoms in total. The minimum Gasteiger partial charge on any atom is -0.354 e. The first kappa shape index (κ1) is 16.5. The van der Waals surface area contributed by atoms with Gasteiger partial charge >= 0.3 is 0 Å². The SMILES string of the molecule is CC(C)CNC(=O)C1CCCCC(=O)N1Cc1ccccc1. The standard InChI is InChI=1S/C18H26N2O2/c1-14(2)12-19-18(22)16-10-6-7-11-17(21)20(16)13-15-8-4-3-5-9-15/h3-5,8-9,14,16H,6-7,10-13H2,1-2H3,(H,19,22). The van der Waals surface area contributed by atoms with Gasteiger partial charge in [-0.05, 0) is 24.3 Å². The second-order valence-corrected chi connectivity index (χ2v) is 6.41. The highest BCUT2D eigenvalue weighted by Gasteiger charge is 2.31. The third kappa shape index (κ3) is 4.58. The summed E-state index contributed by atoms with van der Waals surface area (Å²) in [6.45, 7) is 5.31. The number of carbonyl (C=O) groups is 2. The molecule has 1 unspecified atom stereocenters. The number of carbonyl (C=O) groups excluding carboxylic acids is 2. The minimum atomic E-state index is -0.339. The highest BCUT2D eigenvalue weighted by molar-refractivity contribution is 5.88. The molecule has 0 saturated carbocycles. The van der Waals surface area contributed by atoms with E-state index in [-0.39, 0.29) is 17.9 Å². The molecule has 2 rings (SSSR count). The molecule has 22 heavy (non-hydrogen) atoms. The average molecular weight is 302 g/mol. The molecule has 0 bridgehead atoms. The zero-order valence-corrected chi connectivity index (χ0v) is 13.5. The Kier molecular flexibility index (Phi) is 5.99. The van der Waals surface area contributed by atoms with Gasteiger partial charge in [-0.2, -0.15) is 0 Å². The van der Waals surface area contributed by atoms with E-state index in [2.05, 4.69) is 19.2 Å². The molecule has 1 aromatic carbocycles. The number of hydrogen-bond donors (Lipinski definition) is 1. The van der Waals surface area contributed by atoms with Gasteiger partial charge in [0.1, 0.15) is 6.04 Å². The van der Waals surface area contributed by atoms with Crippen LogP contribution in [0.2, 0.25) is 0 Å². The number of rotatable bonds is 5. The molecule has 2 amide bonds. The first-order chi connectivity index (χ1) is 10.6. The van der Waals surface area contributed by atoms with Crippen molar-refractivity contribution >= 4 is 11.8 Å². The van der Waals surface area contributed by atoms with Gasteiger partial charge in [-0.3, -0.25) is 9.59 Å². The Labute approximate surface area is 132 Å². The van der Waals surface area contributed by atoms with Gasteiger partial charge in [-0.1, -0.05) is 50.6 Å². The molecule has 0 spiro atoms. The van der Waals surface area contributed by atoms with Crippen molar-refractivity contribution in [3.8, 4) is 0 Å². The van der Waals surface area contributed by atoms with Crippen LogP contribution in [0.25, 0.3) is 0 Å². The van der Waals surface area contributed by atoms with Gasteiger partial charge in [0.15, 0.2) is 0 Å². The van der Waals surface area contributed by atoms with Crippen LogP contribution < -0.4 is 5.32 Å². The smallest absolute Gasteiger partial charge is 0.242 e. The van der Waals surface area contributed by atoms with Crippen LogP contribution >= 0.6 is 0 Å². The Morgan fingerprint density at radius 1 is 1.27 bits per heavy atom. The Morgan fingerprint density at radius 2 is 2.00 bits per heavy atom. The topological polar surface area (TPSA) is 49.4 Å². The molecule has 1 aromatic rings. The van der Waals surface area contributed by atoms with Crippen molar-refractivity contribution in [3.63, 3.8) is 0 Å². The first-order valence-corrected chi connectivity index (χ1v) is 8.19. The molecule has 1 fully saturated rings. The third-order valence-electron chi connectivity index (χ3n) is 4.00. The van der Waals surface area contributed by atoms with Gasteiger partial charge in [-0.15, -0.1) is 0 Å². The van der Waals surface area contributed by atoms with E-state index in [9.17, 15) is 9.59 Å². The lowest BCUT2D eigenvalue weighted by Gasteiger charge is -2.29. The summed E-state index contributed by atoms with van der Waals surface area (Å²) in [4.78, 5) is 26.7. The van der Waals surface area contributed by atoms with E-state index < -0.39 is 0 Å². The predicted octanol–water partition coefficient (Wildman–Crippen LogP) is 2.73. The third-order valence-corrected chi connectivity index (χ3v) is 4.00. The lowest BCUT2D eigenvalue weighted by atomic mass is 10.1. The van der Waals surface area contributed by atoms with Crippen molar-refractivity contribution in [1.29, 1.82) is 0 Å². The maximum Gasteiger partial charge on any atom is 0.242 e. The monoisotopic (exact) mass is 302 g/mol. The Bertz CT molecular complexity index is 499. The fourth-order valence-corrected chi connectivity index (χ4v) is 2.76. The van der Waals surface area contributed by atoms with Crippen molar-refractivity contribution in [1.82, 2.24) is 10.2 Å². The van der Waals surface area contributed by atoms with Crippen LogP contribution in [0, 0.1) is 5.92 Å². The maximum absolute atomic E-state index is 12.5. The fraction of sp³-hybridized carbons (Fsp3) is 0.556. The predicted molar refractivity (Wildman–Crippen MR) is 87.1 cm³/mol. The lowest BCUT2D eigenvalue weighted by Crippen LogP contribution is -2.48. The highest BCUT2D eigenvalue weighted by atomic mass is 16.2. The van der Waals surface area contributed by atoms with Gasteiger partial charge in [-0.25, -0.2) is 0 Å². The summed E-state index contributed by atoms with van der Waals surface area (Å²) in [6, 6.07) is 9.55. The van der Waals surface area contributed by atoms with E-state index in [1.54, 1.807) is 4.90 Å². The maximum atomic E-state index is 12.5. The Hall–Kier alpha value is -1.84. The van der Waals surface area contributed by atoms with Crippen molar-refractivity contribution in [3.05, 3.63) is 35.9 Å². The molecule has 1 atom stereocenters. The summed E-state index contributed by atoms with van der Waals surface area (Å²) < 4.78 is 0. The summed E-state index contributed by atoms with van der Waals surface area (Å²) in [6.07, 6.45) is 3.10. The van der Waals surface area contributed by atoms with Crippen LogP contribution in [0.4, 0.5) is 0 Å². The molecular weight excluding hydrogens is 276 g/mol.